The molecule has 584 valence electrons. The Morgan fingerprint density at radius 3 is 0.818 bits per heavy atom. The van der Waals surface area contributed by atoms with Crippen LogP contribution >= 0.6 is 15.6 Å². The van der Waals surface area contributed by atoms with Crippen LogP contribution in [0.5, 0.6) is 0 Å². The highest BCUT2D eigenvalue weighted by atomic mass is 31.2. The molecular formula is C80H152O17P2. The zero-order chi connectivity index (χ0) is 73.0. The molecule has 0 fully saturated rings. The summed E-state index contributed by atoms with van der Waals surface area (Å²) in [5, 5.41) is 10.6. The molecule has 0 rings (SSSR count). The molecule has 0 bridgehead atoms. The van der Waals surface area contributed by atoms with E-state index in [0.29, 0.717) is 31.6 Å². The Morgan fingerprint density at radius 2 is 0.545 bits per heavy atom. The topological polar surface area (TPSA) is 237 Å². The molecule has 0 saturated carbocycles. The van der Waals surface area contributed by atoms with Crippen molar-refractivity contribution in [3.05, 3.63) is 24.3 Å². The van der Waals surface area contributed by atoms with E-state index in [1.165, 1.54) is 180 Å². The SMILES string of the molecule is CCCCCC/C=C\C=C/CCCCCCCC(=O)O[C@H](COC(=O)CCCCCCCCCC(C)C)COP(=O)(O)OCC(O)COP(=O)(O)OC[C@@H](COC(=O)CCCCCCCCCCCCCCCCC(C)C)OC(=O)CCCCCCCCCCCCCCCCC(C)C. The fourth-order valence-electron chi connectivity index (χ4n) is 11.8. The minimum Gasteiger partial charge on any atom is -0.462 e. The number of rotatable bonds is 76. The maximum atomic E-state index is 13.1. The van der Waals surface area contributed by atoms with Crippen LogP contribution in [0.1, 0.15) is 389 Å². The fourth-order valence-corrected chi connectivity index (χ4v) is 13.3. The summed E-state index contributed by atoms with van der Waals surface area (Å²) in [5.74, 6) is 0.150. The lowest BCUT2D eigenvalue weighted by molar-refractivity contribution is -0.161. The molecule has 19 heteroatoms. The highest BCUT2D eigenvalue weighted by Gasteiger charge is 2.30. The van der Waals surface area contributed by atoms with Gasteiger partial charge in [-0.05, 0) is 69.1 Å². The molecule has 99 heavy (non-hydrogen) atoms. The third-order valence-corrected chi connectivity index (χ3v) is 19.9. The summed E-state index contributed by atoms with van der Waals surface area (Å²) in [6.07, 6.45) is 60.5. The standard InChI is InChI=1S/C80H152O17P2/c1-8-9-10-11-12-13-14-15-16-24-29-34-41-49-56-63-80(85)97-76(68-91-78(83)62-55-48-43-36-39-46-53-60-73(6)7)70-95-99(88,89)93-66-74(81)65-92-98(86,87)94-69-75(96-79(84)64-57-50-42-35-30-25-20-18-22-27-32-38-45-52-59-72(4)5)67-90-77(82)61-54-47-40-33-28-23-19-17-21-26-31-37-44-51-58-71(2)3/h13-16,71-76,81H,8-12,17-70H2,1-7H3,(H,86,87)(H,88,89)/b14-13-,16-15-/t74?,75-,76-/m1/s1. The highest BCUT2D eigenvalue weighted by Crippen LogP contribution is 2.45. The number of ether oxygens (including phenoxy) is 4. The van der Waals surface area contributed by atoms with Gasteiger partial charge < -0.3 is 33.8 Å². The van der Waals surface area contributed by atoms with Crippen molar-refractivity contribution in [3.63, 3.8) is 0 Å². The van der Waals surface area contributed by atoms with Crippen LogP contribution in [0.15, 0.2) is 24.3 Å². The Bertz CT molecular complexity index is 2020. The van der Waals surface area contributed by atoms with Gasteiger partial charge in [0.1, 0.15) is 19.3 Å². The first kappa shape index (κ1) is 96.5. The minimum atomic E-state index is -4.97. The van der Waals surface area contributed by atoms with Crippen LogP contribution in [0.3, 0.4) is 0 Å². The molecule has 0 spiro atoms. The first-order valence-electron chi connectivity index (χ1n) is 40.7. The summed E-state index contributed by atoms with van der Waals surface area (Å²) in [5.41, 5.74) is 0. The molecule has 5 atom stereocenters. The van der Waals surface area contributed by atoms with E-state index in [-0.39, 0.29) is 25.7 Å². The summed E-state index contributed by atoms with van der Waals surface area (Å²) in [4.78, 5) is 72.9. The number of hydrogen-bond donors (Lipinski definition) is 3. The van der Waals surface area contributed by atoms with Gasteiger partial charge in [0.25, 0.3) is 0 Å². The first-order chi connectivity index (χ1) is 47.7. The number of aliphatic hydroxyl groups excluding tert-OH is 1. The Morgan fingerprint density at radius 1 is 0.313 bits per heavy atom. The second-order valence-corrected chi connectivity index (χ2v) is 32.5. The van der Waals surface area contributed by atoms with Crippen LogP contribution in [-0.2, 0) is 65.4 Å². The van der Waals surface area contributed by atoms with Crippen molar-refractivity contribution in [1.29, 1.82) is 0 Å². The van der Waals surface area contributed by atoms with Gasteiger partial charge in [0, 0.05) is 25.7 Å². The van der Waals surface area contributed by atoms with Crippen LogP contribution < -0.4 is 0 Å². The van der Waals surface area contributed by atoms with E-state index >= 15 is 0 Å². The predicted octanol–water partition coefficient (Wildman–Crippen LogP) is 23.3. The number of phosphoric acid groups is 2. The Balaban J connectivity index is 5.28. The van der Waals surface area contributed by atoms with Crippen LogP contribution in [0.2, 0.25) is 0 Å². The van der Waals surface area contributed by atoms with E-state index < -0.39 is 97.5 Å². The molecule has 0 aromatic rings. The van der Waals surface area contributed by atoms with Gasteiger partial charge in [0.15, 0.2) is 12.2 Å². The maximum absolute atomic E-state index is 13.1. The number of phosphoric ester groups is 2. The molecule has 0 aliphatic carbocycles. The predicted molar refractivity (Wildman–Crippen MR) is 404 cm³/mol. The highest BCUT2D eigenvalue weighted by molar-refractivity contribution is 7.47. The van der Waals surface area contributed by atoms with Gasteiger partial charge in [0.05, 0.1) is 26.4 Å². The van der Waals surface area contributed by atoms with Crippen LogP contribution in [0.4, 0.5) is 0 Å². The number of aliphatic hydroxyl groups is 1. The number of carbonyl (C=O) groups excluding carboxylic acids is 4. The van der Waals surface area contributed by atoms with Crippen LogP contribution in [0.25, 0.3) is 0 Å². The van der Waals surface area contributed by atoms with Gasteiger partial charge in [-0.3, -0.25) is 37.3 Å². The molecule has 0 saturated heterocycles. The first-order valence-corrected chi connectivity index (χ1v) is 43.7. The van der Waals surface area contributed by atoms with Crippen molar-refractivity contribution in [2.24, 2.45) is 17.8 Å². The van der Waals surface area contributed by atoms with Crippen LogP contribution in [-0.4, -0.2) is 96.7 Å². The van der Waals surface area contributed by atoms with E-state index in [2.05, 4.69) is 72.8 Å². The summed E-state index contributed by atoms with van der Waals surface area (Å²) in [7, 11) is -9.93. The third-order valence-electron chi connectivity index (χ3n) is 18.0. The van der Waals surface area contributed by atoms with Gasteiger partial charge >= 0.3 is 39.5 Å². The number of carbonyl (C=O) groups is 4. The summed E-state index contributed by atoms with van der Waals surface area (Å²) >= 11 is 0. The van der Waals surface area contributed by atoms with Crippen molar-refractivity contribution < 1.29 is 80.2 Å². The van der Waals surface area contributed by atoms with Gasteiger partial charge in [0.2, 0.25) is 0 Å². The average Bonchev–Trinajstić information content (AvgIpc) is 1.19. The minimum absolute atomic E-state index is 0.0841. The van der Waals surface area contributed by atoms with Gasteiger partial charge in [-0.2, -0.15) is 0 Å². The van der Waals surface area contributed by atoms with Crippen molar-refractivity contribution in [1.82, 2.24) is 0 Å². The lowest BCUT2D eigenvalue weighted by atomic mass is 10.0. The van der Waals surface area contributed by atoms with E-state index in [4.69, 9.17) is 37.0 Å². The molecule has 0 aromatic carbocycles. The van der Waals surface area contributed by atoms with Gasteiger partial charge in [-0.15, -0.1) is 0 Å². The molecule has 0 aliphatic rings. The molecule has 0 aromatic heterocycles. The molecular weight excluding hydrogens is 1290 g/mol. The quantitative estimate of drug-likeness (QED) is 0.0169. The Hall–Kier alpha value is -2.46. The second-order valence-electron chi connectivity index (χ2n) is 29.5. The van der Waals surface area contributed by atoms with Gasteiger partial charge in [-0.1, -0.05) is 336 Å². The Labute approximate surface area is 605 Å². The lowest BCUT2D eigenvalue weighted by Gasteiger charge is -2.21. The molecule has 0 heterocycles. The van der Waals surface area contributed by atoms with Gasteiger partial charge in [-0.25, -0.2) is 9.13 Å². The molecule has 0 aliphatic heterocycles. The summed E-state index contributed by atoms with van der Waals surface area (Å²) < 4.78 is 68.6. The number of allylic oxidation sites excluding steroid dienone is 4. The number of esters is 4. The zero-order valence-corrected chi connectivity index (χ0v) is 66.2. The van der Waals surface area contributed by atoms with Crippen molar-refractivity contribution in [2.75, 3.05) is 39.6 Å². The van der Waals surface area contributed by atoms with Crippen molar-refractivity contribution in [2.45, 2.75) is 407 Å². The largest absolute Gasteiger partial charge is 0.472 e. The van der Waals surface area contributed by atoms with E-state index in [0.717, 1.165) is 121 Å². The summed E-state index contributed by atoms with van der Waals surface area (Å²) in [6.45, 7) is 11.8. The second kappa shape index (κ2) is 69.9. The monoisotopic (exact) mass is 1450 g/mol. The molecule has 3 N–H and O–H groups in total. The fraction of sp³-hybridized carbons (Fsp3) is 0.900. The molecule has 0 radical (unpaired) electrons. The lowest BCUT2D eigenvalue weighted by Crippen LogP contribution is -2.30. The Kier molecular flexibility index (Phi) is 68.1. The van der Waals surface area contributed by atoms with Crippen molar-refractivity contribution in [3.8, 4) is 0 Å². The molecule has 17 nitrogen and oxygen atoms in total. The van der Waals surface area contributed by atoms with Crippen molar-refractivity contribution >= 4 is 39.5 Å². The maximum Gasteiger partial charge on any atom is 0.472 e. The van der Waals surface area contributed by atoms with E-state index in [1.807, 2.05) is 0 Å². The average molecular weight is 1450 g/mol. The van der Waals surface area contributed by atoms with E-state index in [9.17, 15) is 43.2 Å². The number of unbranched alkanes of at least 4 members (excludes halogenated alkanes) is 41. The normalized spacial score (nSPS) is 14.2. The smallest absolute Gasteiger partial charge is 0.462 e. The zero-order valence-electron chi connectivity index (χ0n) is 64.4. The third kappa shape index (κ3) is 73.6. The molecule has 0 amide bonds. The number of hydrogen-bond acceptors (Lipinski definition) is 15. The van der Waals surface area contributed by atoms with E-state index in [1.54, 1.807) is 0 Å². The van der Waals surface area contributed by atoms with Crippen LogP contribution in [0, 0.1) is 17.8 Å². The molecule has 3 unspecified atom stereocenters. The summed E-state index contributed by atoms with van der Waals surface area (Å²) in [6, 6.07) is 0.